The zero-order valence-corrected chi connectivity index (χ0v) is 12.8. The number of guanidine groups is 1. The molecule has 3 rings (SSSR count). The van der Waals surface area contributed by atoms with Gasteiger partial charge in [-0.2, -0.15) is 0 Å². The Labute approximate surface area is 132 Å². The van der Waals surface area contributed by atoms with Crippen LogP contribution in [0.15, 0.2) is 46.2 Å². The van der Waals surface area contributed by atoms with Crippen LogP contribution in [0, 0.1) is 5.82 Å². The molecule has 0 spiro atoms. The molecule has 2 heterocycles. The summed E-state index contributed by atoms with van der Waals surface area (Å²) in [5, 5.41) is 11.3. The van der Waals surface area contributed by atoms with E-state index in [4.69, 9.17) is 4.52 Å². The summed E-state index contributed by atoms with van der Waals surface area (Å²) in [6, 6.07) is 6.58. The maximum atomic E-state index is 13.2. The molecule has 0 bridgehead atoms. The summed E-state index contributed by atoms with van der Waals surface area (Å²) in [6.45, 7) is 1.26. The molecule has 0 saturated heterocycles. The number of fused-ring (bicyclic) bond motifs is 1. The van der Waals surface area contributed by atoms with Gasteiger partial charge in [0.25, 0.3) is 0 Å². The zero-order valence-electron chi connectivity index (χ0n) is 12.8. The molecular weight excluding hydrogens is 297 g/mol. The Kier molecular flexibility index (Phi) is 4.56. The summed E-state index contributed by atoms with van der Waals surface area (Å²) in [5.74, 6) is 0.459. The second kappa shape index (κ2) is 6.95. The first-order valence-corrected chi connectivity index (χ1v) is 7.35. The molecule has 2 aromatic heterocycles. The molecule has 0 aliphatic rings. The maximum absolute atomic E-state index is 13.2. The van der Waals surface area contributed by atoms with E-state index in [9.17, 15) is 4.39 Å². The van der Waals surface area contributed by atoms with Crippen LogP contribution in [0.4, 0.5) is 4.39 Å². The molecule has 0 fully saturated rings. The maximum Gasteiger partial charge on any atom is 0.191 e. The van der Waals surface area contributed by atoms with Crippen molar-refractivity contribution in [1.29, 1.82) is 0 Å². The molecule has 1 aromatic carbocycles. The van der Waals surface area contributed by atoms with Gasteiger partial charge in [0, 0.05) is 36.8 Å². The predicted octanol–water partition coefficient (Wildman–Crippen LogP) is 2.20. The monoisotopic (exact) mass is 315 g/mol. The molecule has 23 heavy (non-hydrogen) atoms. The number of aromatic amines is 1. The van der Waals surface area contributed by atoms with Crippen LogP contribution in [0.25, 0.3) is 10.9 Å². The number of aromatic nitrogens is 2. The van der Waals surface area contributed by atoms with E-state index in [1.807, 2.05) is 6.20 Å². The Morgan fingerprint density at radius 1 is 1.35 bits per heavy atom. The zero-order chi connectivity index (χ0) is 16.1. The first kappa shape index (κ1) is 15.1. The fourth-order valence-electron chi connectivity index (χ4n) is 2.40. The lowest BCUT2D eigenvalue weighted by molar-refractivity contribution is 0.410. The SMILES string of the molecule is CN=C(NCCc1c[nH]c2cc(F)ccc12)NCc1ccon1. The lowest BCUT2D eigenvalue weighted by atomic mass is 10.1. The highest BCUT2D eigenvalue weighted by Crippen LogP contribution is 2.19. The van der Waals surface area contributed by atoms with Crippen molar-refractivity contribution in [1.82, 2.24) is 20.8 Å². The van der Waals surface area contributed by atoms with Gasteiger partial charge in [0.05, 0.1) is 6.54 Å². The topological polar surface area (TPSA) is 78.2 Å². The average molecular weight is 315 g/mol. The molecule has 0 aliphatic heterocycles. The molecule has 0 amide bonds. The summed E-state index contributed by atoms with van der Waals surface area (Å²) in [4.78, 5) is 7.25. The highest BCUT2D eigenvalue weighted by Gasteiger charge is 2.05. The van der Waals surface area contributed by atoms with Crippen molar-refractivity contribution in [2.75, 3.05) is 13.6 Å². The molecule has 0 atom stereocenters. The normalized spacial score (nSPS) is 11.8. The van der Waals surface area contributed by atoms with Gasteiger partial charge in [-0.25, -0.2) is 4.39 Å². The molecular formula is C16H18FN5O. The van der Waals surface area contributed by atoms with Gasteiger partial charge in [-0.15, -0.1) is 0 Å². The summed E-state index contributed by atoms with van der Waals surface area (Å²) in [5.41, 5.74) is 2.76. The van der Waals surface area contributed by atoms with Gasteiger partial charge in [0.2, 0.25) is 0 Å². The molecule has 120 valence electrons. The fraction of sp³-hybridized carbons (Fsp3) is 0.250. The summed E-state index contributed by atoms with van der Waals surface area (Å²) >= 11 is 0. The van der Waals surface area contributed by atoms with Gasteiger partial charge >= 0.3 is 0 Å². The Morgan fingerprint density at radius 2 is 2.26 bits per heavy atom. The second-order valence-corrected chi connectivity index (χ2v) is 5.10. The van der Waals surface area contributed by atoms with Gasteiger partial charge in [0.1, 0.15) is 17.8 Å². The van der Waals surface area contributed by atoms with E-state index in [0.29, 0.717) is 19.0 Å². The quantitative estimate of drug-likeness (QED) is 0.498. The van der Waals surface area contributed by atoms with Crippen molar-refractivity contribution in [3.8, 4) is 0 Å². The van der Waals surface area contributed by atoms with Crippen LogP contribution >= 0.6 is 0 Å². The van der Waals surface area contributed by atoms with Crippen molar-refractivity contribution in [2.24, 2.45) is 4.99 Å². The molecule has 0 unspecified atom stereocenters. The third kappa shape index (κ3) is 3.68. The number of halogens is 1. The minimum atomic E-state index is -0.235. The highest BCUT2D eigenvalue weighted by molar-refractivity contribution is 5.83. The number of aliphatic imine (C=N–C) groups is 1. The van der Waals surface area contributed by atoms with Crippen LogP contribution in [0.3, 0.4) is 0 Å². The molecule has 3 N–H and O–H groups in total. The molecule has 0 saturated carbocycles. The van der Waals surface area contributed by atoms with Crippen molar-refractivity contribution < 1.29 is 8.91 Å². The number of nitrogens with one attached hydrogen (secondary N) is 3. The van der Waals surface area contributed by atoms with E-state index in [-0.39, 0.29) is 5.82 Å². The standard InChI is InChI=1S/C16H18FN5O/c1-18-16(21-10-13-5-7-23-22-13)19-6-4-11-9-20-15-8-12(17)2-3-14(11)15/h2-3,5,7-9,20H,4,6,10H2,1H3,(H2,18,19,21). The van der Waals surface area contributed by atoms with Gasteiger partial charge in [-0.3, -0.25) is 4.99 Å². The Hall–Kier alpha value is -2.83. The van der Waals surface area contributed by atoms with E-state index in [1.165, 1.54) is 18.4 Å². The van der Waals surface area contributed by atoms with Crippen LogP contribution in [0.2, 0.25) is 0 Å². The minimum absolute atomic E-state index is 0.235. The molecule has 6 nitrogen and oxygen atoms in total. The average Bonchev–Trinajstić information content (AvgIpc) is 3.20. The summed E-state index contributed by atoms with van der Waals surface area (Å²) < 4.78 is 18.0. The van der Waals surface area contributed by atoms with Gasteiger partial charge < -0.3 is 20.1 Å². The van der Waals surface area contributed by atoms with Gasteiger partial charge in [0.15, 0.2) is 5.96 Å². The van der Waals surface area contributed by atoms with E-state index >= 15 is 0 Å². The van der Waals surface area contributed by atoms with Crippen LogP contribution in [-0.4, -0.2) is 29.7 Å². The summed E-state index contributed by atoms with van der Waals surface area (Å²) in [6.07, 6.45) is 4.25. The first-order valence-electron chi connectivity index (χ1n) is 7.35. The Bertz CT molecular complexity index is 794. The number of rotatable bonds is 5. The number of hydrogen-bond donors (Lipinski definition) is 3. The molecule has 0 aliphatic carbocycles. The van der Waals surface area contributed by atoms with E-state index < -0.39 is 0 Å². The molecule has 7 heteroatoms. The Balaban J connectivity index is 1.53. The van der Waals surface area contributed by atoms with E-state index in [2.05, 4.69) is 25.8 Å². The van der Waals surface area contributed by atoms with Gasteiger partial charge in [-0.1, -0.05) is 5.16 Å². The van der Waals surface area contributed by atoms with Gasteiger partial charge in [-0.05, 0) is 30.2 Å². The van der Waals surface area contributed by atoms with Crippen molar-refractivity contribution >= 4 is 16.9 Å². The van der Waals surface area contributed by atoms with Crippen LogP contribution < -0.4 is 10.6 Å². The van der Waals surface area contributed by atoms with Crippen LogP contribution in [-0.2, 0) is 13.0 Å². The van der Waals surface area contributed by atoms with Crippen molar-refractivity contribution in [3.05, 3.63) is 53.8 Å². The fourth-order valence-corrected chi connectivity index (χ4v) is 2.40. The van der Waals surface area contributed by atoms with E-state index in [1.54, 1.807) is 19.2 Å². The first-order chi connectivity index (χ1) is 11.3. The van der Waals surface area contributed by atoms with Crippen LogP contribution in [0.1, 0.15) is 11.3 Å². The number of H-pyrrole nitrogens is 1. The largest absolute Gasteiger partial charge is 0.364 e. The third-order valence-electron chi connectivity index (χ3n) is 3.57. The molecule has 3 aromatic rings. The predicted molar refractivity (Wildman–Crippen MR) is 86.7 cm³/mol. The number of benzene rings is 1. The lowest BCUT2D eigenvalue weighted by Crippen LogP contribution is -2.37. The number of hydrogen-bond acceptors (Lipinski definition) is 3. The molecule has 0 radical (unpaired) electrons. The van der Waals surface area contributed by atoms with Crippen LogP contribution in [0.5, 0.6) is 0 Å². The summed E-state index contributed by atoms with van der Waals surface area (Å²) in [7, 11) is 1.71. The van der Waals surface area contributed by atoms with Crippen molar-refractivity contribution in [2.45, 2.75) is 13.0 Å². The smallest absolute Gasteiger partial charge is 0.191 e. The second-order valence-electron chi connectivity index (χ2n) is 5.10. The highest BCUT2D eigenvalue weighted by atomic mass is 19.1. The van der Waals surface area contributed by atoms with Crippen molar-refractivity contribution in [3.63, 3.8) is 0 Å². The van der Waals surface area contributed by atoms with E-state index in [0.717, 1.165) is 28.6 Å². The minimum Gasteiger partial charge on any atom is -0.364 e. The number of nitrogens with zero attached hydrogens (tertiary/aromatic N) is 2. The third-order valence-corrected chi connectivity index (χ3v) is 3.57. The Morgan fingerprint density at radius 3 is 3.04 bits per heavy atom. The lowest BCUT2D eigenvalue weighted by Gasteiger charge is -2.10.